The van der Waals surface area contributed by atoms with Crippen LogP contribution in [0.5, 0.6) is 0 Å². The van der Waals surface area contributed by atoms with Crippen molar-refractivity contribution >= 4 is 11.9 Å². The van der Waals surface area contributed by atoms with Gasteiger partial charge >= 0.3 is 5.97 Å². The van der Waals surface area contributed by atoms with Gasteiger partial charge in [-0.05, 0) is 39.0 Å². The Bertz CT molecular complexity index is 1070. The van der Waals surface area contributed by atoms with Gasteiger partial charge in [-0.15, -0.1) is 10.2 Å². The van der Waals surface area contributed by atoms with Crippen molar-refractivity contribution in [2.45, 2.75) is 39.9 Å². The van der Waals surface area contributed by atoms with Crippen LogP contribution in [-0.4, -0.2) is 52.2 Å². The number of amides is 1. The maximum absolute atomic E-state index is 13.3. The van der Waals surface area contributed by atoms with Gasteiger partial charge in [0.25, 0.3) is 5.91 Å². The van der Waals surface area contributed by atoms with Crippen molar-refractivity contribution in [2.75, 3.05) is 0 Å². The minimum absolute atomic E-state index is 0.101. The number of carbonyl (C=O) groups is 2. The lowest BCUT2D eigenvalue weighted by Gasteiger charge is -2.33. The Morgan fingerprint density at radius 2 is 1.96 bits per heavy atom. The number of pyridine rings is 1. The first-order valence-corrected chi connectivity index (χ1v) is 8.91. The fraction of sp³-hybridized carbons (Fsp3) is 0.316. The molecule has 9 heteroatoms. The molecule has 1 unspecified atom stereocenters. The molecule has 4 heterocycles. The number of hydrogen-bond donors (Lipinski definition) is 1. The molecule has 1 aliphatic rings. The molecule has 0 saturated carbocycles. The third kappa shape index (κ3) is 2.75. The molecule has 1 atom stereocenters. The lowest BCUT2D eigenvalue weighted by atomic mass is 10.1. The minimum Gasteiger partial charge on any atom is -0.480 e. The summed E-state index contributed by atoms with van der Waals surface area (Å²) < 4.78 is 3.64. The number of nitrogens with zero attached hydrogens (tertiary/aromatic N) is 6. The Morgan fingerprint density at radius 3 is 2.64 bits per heavy atom. The third-order valence-corrected chi connectivity index (χ3v) is 5.14. The maximum Gasteiger partial charge on any atom is 0.328 e. The summed E-state index contributed by atoms with van der Waals surface area (Å²) in [6.45, 7) is 5.73. The standard InChI is InChI=1S/C19H20N6O3/c1-11-8-14(12(2)25(11)16-6-4-5-7-20-16)18(26)24-10-17-22-21-13(3)23(17)9-15(24)19(27)28/h4-8,15H,9-10H2,1-3H3,(H,27,28). The number of carboxylic acids is 1. The quantitative estimate of drug-likeness (QED) is 0.738. The average Bonchev–Trinajstić information content (AvgIpc) is 3.20. The lowest BCUT2D eigenvalue weighted by Crippen LogP contribution is -2.50. The highest BCUT2D eigenvalue weighted by Crippen LogP contribution is 2.25. The van der Waals surface area contributed by atoms with Crippen LogP contribution in [0.3, 0.4) is 0 Å². The highest BCUT2D eigenvalue weighted by molar-refractivity contribution is 5.98. The topological polar surface area (TPSA) is 106 Å². The molecule has 0 aliphatic carbocycles. The number of aryl methyl sites for hydroxylation is 2. The summed E-state index contributed by atoms with van der Waals surface area (Å²) in [6.07, 6.45) is 1.69. The number of carbonyl (C=O) groups excluding carboxylic acids is 1. The number of fused-ring (bicyclic) bond motifs is 1. The van der Waals surface area contributed by atoms with Crippen molar-refractivity contribution in [3.8, 4) is 5.82 Å². The molecule has 4 rings (SSSR count). The Kier molecular flexibility index (Phi) is 4.21. The molecule has 0 spiro atoms. The largest absolute Gasteiger partial charge is 0.480 e. The van der Waals surface area contributed by atoms with Gasteiger partial charge in [-0.1, -0.05) is 6.07 Å². The van der Waals surface area contributed by atoms with E-state index in [0.717, 1.165) is 5.69 Å². The van der Waals surface area contributed by atoms with Gasteiger partial charge in [-0.3, -0.25) is 4.79 Å². The van der Waals surface area contributed by atoms with Crippen LogP contribution in [0.1, 0.15) is 33.4 Å². The van der Waals surface area contributed by atoms with Crippen LogP contribution in [-0.2, 0) is 17.9 Å². The van der Waals surface area contributed by atoms with Crippen LogP contribution in [0.4, 0.5) is 0 Å². The summed E-state index contributed by atoms with van der Waals surface area (Å²) in [5.41, 5.74) is 2.02. The van der Waals surface area contributed by atoms with Crippen LogP contribution < -0.4 is 0 Å². The number of hydrogen-bond acceptors (Lipinski definition) is 5. The van der Waals surface area contributed by atoms with Gasteiger partial charge < -0.3 is 19.1 Å². The van der Waals surface area contributed by atoms with Crippen LogP contribution in [0.2, 0.25) is 0 Å². The summed E-state index contributed by atoms with van der Waals surface area (Å²) in [4.78, 5) is 30.9. The Labute approximate surface area is 161 Å². The summed E-state index contributed by atoms with van der Waals surface area (Å²) in [5.74, 6) is 0.545. The van der Waals surface area contributed by atoms with Gasteiger partial charge in [0.1, 0.15) is 17.7 Å². The Balaban J connectivity index is 1.74. The van der Waals surface area contributed by atoms with E-state index in [4.69, 9.17) is 0 Å². The van der Waals surface area contributed by atoms with E-state index >= 15 is 0 Å². The normalized spacial score (nSPS) is 16.1. The molecule has 1 N–H and O–H groups in total. The van der Waals surface area contributed by atoms with E-state index in [9.17, 15) is 14.7 Å². The van der Waals surface area contributed by atoms with Crippen LogP contribution >= 0.6 is 0 Å². The van der Waals surface area contributed by atoms with E-state index in [1.165, 1.54) is 4.90 Å². The van der Waals surface area contributed by atoms with E-state index in [1.807, 2.05) is 36.6 Å². The lowest BCUT2D eigenvalue weighted by molar-refractivity contribution is -0.143. The highest BCUT2D eigenvalue weighted by Gasteiger charge is 2.37. The molecule has 3 aromatic rings. The molecule has 1 amide bonds. The predicted molar refractivity (Wildman–Crippen MR) is 99.1 cm³/mol. The van der Waals surface area contributed by atoms with Gasteiger partial charge in [0.15, 0.2) is 5.82 Å². The van der Waals surface area contributed by atoms with E-state index < -0.39 is 12.0 Å². The third-order valence-electron chi connectivity index (χ3n) is 5.14. The molecule has 0 aromatic carbocycles. The van der Waals surface area contributed by atoms with Gasteiger partial charge in [0.2, 0.25) is 0 Å². The first-order valence-electron chi connectivity index (χ1n) is 8.91. The van der Waals surface area contributed by atoms with E-state index in [-0.39, 0.29) is 19.0 Å². The fourth-order valence-electron chi connectivity index (χ4n) is 3.71. The molecule has 0 fully saturated rings. The van der Waals surface area contributed by atoms with Crippen molar-refractivity contribution in [1.29, 1.82) is 0 Å². The van der Waals surface area contributed by atoms with E-state index in [1.54, 1.807) is 23.8 Å². The molecular formula is C19H20N6O3. The molecule has 0 saturated heterocycles. The summed E-state index contributed by atoms with van der Waals surface area (Å²) in [7, 11) is 0. The fourth-order valence-corrected chi connectivity index (χ4v) is 3.71. The van der Waals surface area contributed by atoms with Crippen molar-refractivity contribution in [3.05, 3.63) is 59.1 Å². The molecule has 9 nitrogen and oxygen atoms in total. The monoisotopic (exact) mass is 380 g/mol. The van der Waals surface area contributed by atoms with E-state index in [2.05, 4.69) is 15.2 Å². The van der Waals surface area contributed by atoms with Crippen molar-refractivity contribution in [1.82, 2.24) is 29.2 Å². The number of carboxylic acid groups (broad SMARTS) is 1. The van der Waals surface area contributed by atoms with Gasteiger partial charge in [0, 0.05) is 17.6 Å². The predicted octanol–water partition coefficient (Wildman–Crippen LogP) is 1.50. The summed E-state index contributed by atoms with van der Waals surface area (Å²) in [6, 6.07) is 6.36. The van der Waals surface area contributed by atoms with Gasteiger partial charge in [0.05, 0.1) is 18.7 Å². The smallest absolute Gasteiger partial charge is 0.328 e. The van der Waals surface area contributed by atoms with Gasteiger partial charge in [-0.25, -0.2) is 9.78 Å². The van der Waals surface area contributed by atoms with Crippen LogP contribution in [0, 0.1) is 20.8 Å². The average molecular weight is 380 g/mol. The number of aliphatic carboxylic acids is 1. The zero-order valence-corrected chi connectivity index (χ0v) is 15.8. The van der Waals surface area contributed by atoms with Crippen molar-refractivity contribution < 1.29 is 14.7 Å². The Morgan fingerprint density at radius 1 is 1.18 bits per heavy atom. The van der Waals surface area contributed by atoms with Crippen LogP contribution in [0.15, 0.2) is 30.5 Å². The Hall–Kier alpha value is -3.49. The second-order valence-corrected chi connectivity index (χ2v) is 6.87. The summed E-state index contributed by atoms with van der Waals surface area (Å²) in [5, 5.41) is 17.8. The number of rotatable bonds is 3. The summed E-state index contributed by atoms with van der Waals surface area (Å²) >= 11 is 0. The zero-order valence-electron chi connectivity index (χ0n) is 15.8. The van der Waals surface area contributed by atoms with E-state index in [0.29, 0.717) is 28.7 Å². The second kappa shape index (κ2) is 6.59. The first kappa shape index (κ1) is 17.9. The molecular weight excluding hydrogens is 360 g/mol. The second-order valence-electron chi connectivity index (χ2n) is 6.87. The zero-order chi connectivity index (χ0) is 20.0. The van der Waals surface area contributed by atoms with Crippen molar-refractivity contribution in [2.24, 2.45) is 0 Å². The number of aromatic nitrogens is 5. The molecule has 1 aliphatic heterocycles. The van der Waals surface area contributed by atoms with Crippen molar-refractivity contribution in [3.63, 3.8) is 0 Å². The van der Waals surface area contributed by atoms with Crippen LogP contribution in [0.25, 0.3) is 5.82 Å². The molecule has 3 aromatic heterocycles. The maximum atomic E-state index is 13.3. The molecule has 28 heavy (non-hydrogen) atoms. The highest BCUT2D eigenvalue weighted by atomic mass is 16.4. The minimum atomic E-state index is -1.05. The van der Waals surface area contributed by atoms with Gasteiger partial charge in [-0.2, -0.15) is 0 Å². The first-order chi connectivity index (χ1) is 13.4. The molecule has 144 valence electrons. The SMILES string of the molecule is Cc1nnc2n1CC(C(=O)O)N(C(=O)c1cc(C)n(-c3ccccn3)c1C)C2. The molecule has 0 bridgehead atoms. The molecule has 0 radical (unpaired) electrons.